The summed E-state index contributed by atoms with van der Waals surface area (Å²) in [6, 6.07) is 0.582. The van der Waals surface area contributed by atoms with Crippen LogP contribution in [0.25, 0.3) is 0 Å². The summed E-state index contributed by atoms with van der Waals surface area (Å²) < 4.78 is 6.60. The molecule has 1 fully saturated rings. The van der Waals surface area contributed by atoms with Gasteiger partial charge in [-0.25, -0.2) is 4.98 Å². The zero-order chi connectivity index (χ0) is 11.1. The van der Waals surface area contributed by atoms with Crippen LogP contribution in [-0.2, 0) is 4.74 Å². The Kier molecular flexibility index (Phi) is 5.62. The highest BCUT2D eigenvalue weighted by Crippen LogP contribution is 2.20. The Morgan fingerprint density at radius 1 is 1.62 bits per heavy atom. The van der Waals surface area contributed by atoms with Crippen molar-refractivity contribution in [3.63, 3.8) is 0 Å². The maximum Gasteiger partial charge on any atom is 0.149 e. The third kappa shape index (κ3) is 4.41. The number of rotatable bonds is 6. The first kappa shape index (κ1) is 12.4. The van der Waals surface area contributed by atoms with Crippen LogP contribution >= 0.6 is 23.1 Å². The van der Waals surface area contributed by atoms with E-state index in [0.717, 1.165) is 25.5 Å². The molecule has 1 saturated heterocycles. The number of ether oxygens (including phenoxy) is 1. The molecule has 0 aromatic carbocycles. The van der Waals surface area contributed by atoms with Crippen molar-refractivity contribution in [2.45, 2.75) is 29.6 Å². The van der Waals surface area contributed by atoms with Gasteiger partial charge in [-0.3, -0.25) is 0 Å². The largest absolute Gasteiger partial charge is 0.380 e. The molecule has 0 spiro atoms. The van der Waals surface area contributed by atoms with Crippen molar-refractivity contribution in [3.8, 4) is 0 Å². The van der Waals surface area contributed by atoms with E-state index in [9.17, 15) is 0 Å². The molecule has 1 aliphatic heterocycles. The lowest BCUT2D eigenvalue weighted by molar-refractivity contribution is 0.0706. The Bertz CT molecular complexity index is 274. The van der Waals surface area contributed by atoms with Crippen LogP contribution in [0, 0.1) is 0 Å². The summed E-state index contributed by atoms with van der Waals surface area (Å²) in [4.78, 5) is 4.24. The van der Waals surface area contributed by atoms with Crippen molar-refractivity contribution >= 4 is 23.1 Å². The summed E-state index contributed by atoms with van der Waals surface area (Å²) in [6.45, 7) is 2.92. The van der Waals surface area contributed by atoms with Gasteiger partial charge in [-0.2, -0.15) is 0 Å². The number of nitrogens with one attached hydrogen (secondary N) is 1. The van der Waals surface area contributed by atoms with E-state index in [2.05, 4.69) is 10.3 Å². The van der Waals surface area contributed by atoms with Crippen LogP contribution in [0.2, 0.25) is 0 Å². The highest BCUT2D eigenvalue weighted by molar-refractivity contribution is 8.00. The van der Waals surface area contributed by atoms with E-state index in [4.69, 9.17) is 4.74 Å². The Morgan fingerprint density at radius 3 is 3.38 bits per heavy atom. The normalized spacial score (nSPS) is 21.1. The summed E-state index contributed by atoms with van der Waals surface area (Å²) in [5, 5.41) is 5.57. The molecule has 1 aromatic heterocycles. The fourth-order valence-electron chi connectivity index (χ4n) is 1.72. The lowest BCUT2D eigenvalue weighted by atomic mass is 10.1. The van der Waals surface area contributed by atoms with Crippen LogP contribution in [0.5, 0.6) is 0 Å². The van der Waals surface area contributed by atoms with Crippen LogP contribution in [0.3, 0.4) is 0 Å². The molecular formula is C11H18N2OS2. The molecule has 5 heteroatoms. The fraction of sp³-hybridized carbons (Fsp3) is 0.727. The lowest BCUT2D eigenvalue weighted by Crippen LogP contribution is -2.37. The van der Waals surface area contributed by atoms with E-state index < -0.39 is 0 Å². The monoisotopic (exact) mass is 258 g/mol. The molecule has 1 unspecified atom stereocenters. The minimum atomic E-state index is 0.582. The van der Waals surface area contributed by atoms with Gasteiger partial charge in [-0.1, -0.05) is 11.8 Å². The first-order chi connectivity index (χ1) is 7.95. The number of hydrogen-bond acceptors (Lipinski definition) is 5. The second kappa shape index (κ2) is 7.27. The van der Waals surface area contributed by atoms with Gasteiger partial charge in [-0.05, 0) is 25.8 Å². The highest BCUT2D eigenvalue weighted by atomic mass is 32.2. The molecule has 2 rings (SSSR count). The number of thiazole rings is 1. The molecule has 0 radical (unpaired) electrons. The van der Waals surface area contributed by atoms with Gasteiger partial charge in [0.15, 0.2) is 0 Å². The van der Waals surface area contributed by atoms with Gasteiger partial charge >= 0.3 is 0 Å². The lowest BCUT2D eigenvalue weighted by Gasteiger charge is -2.23. The van der Waals surface area contributed by atoms with E-state index in [1.54, 1.807) is 11.3 Å². The van der Waals surface area contributed by atoms with Gasteiger partial charge in [0.25, 0.3) is 0 Å². The maximum atomic E-state index is 5.42. The number of thioether (sulfide) groups is 1. The second-order valence-corrected chi connectivity index (χ2v) is 6.10. The van der Waals surface area contributed by atoms with Crippen LogP contribution in [0.1, 0.15) is 19.3 Å². The van der Waals surface area contributed by atoms with Gasteiger partial charge in [0.1, 0.15) is 4.34 Å². The molecule has 0 bridgehead atoms. The molecule has 16 heavy (non-hydrogen) atoms. The summed E-state index contributed by atoms with van der Waals surface area (Å²) >= 11 is 3.57. The van der Waals surface area contributed by atoms with E-state index in [-0.39, 0.29) is 0 Å². The van der Waals surface area contributed by atoms with Crippen molar-refractivity contribution in [2.75, 3.05) is 25.5 Å². The Morgan fingerprint density at radius 2 is 2.62 bits per heavy atom. The molecule has 1 aromatic rings. The molecule has 1 atom stereocenters. The van der Waals surface area contributed by atoms with Crippen LogP contribution in [0.15, 0.2) is 15.9 Å². The minimum absolute atomic E-state index is 0.582. The predicted molar refractivity (Wildman–Crippen MR) is 69.3 cm³/mol. The van der Waals surface area contributed by atoms with Crippen LogP contribution in [-0.4, -0.2) is 36.5 Å². The van der Waals surface area contributed by atoms with E-state index in [0.29, 0.717) is 6.04 Å². The van der Waals surface area contributed by atoms with Gasteiger partial charge in [0, 0.05) is 30.0 Å². The minimum Gasteiger partial charge on any atom is -0.380 e. The van der Waals surface area contributed by atoms with Gasteiger partial charge in [-0.15, -0.1) is 11.3 Å². The zero-order valence-electron chi connectivity index (χ0n) is 9.35. The Hall–Kier alpha value is -0.100. The van der Waals surface area contributed by atoms with Crippen molar-refractivity contribution < 1.29 is 4.74 Å². The molecule has 1 aliphatic rings. The van der Waals surface area contributed by atoms with Gasteiger partial charge < -0.3 is 10.1 Å². The second-order valence-electron chi connectivity index (χ2n) is 3.87. The first-order valence-electron chi connectivity index (χ1n) is 5.78. The van der Waals surface area contributed by atoms with Gasteiger partial charge in [0.05, 0.1) is 6.61 Å². The topological polar surface area (TPSA) is 34.1 Å². The molecule has 1 N–H and O–H groups in total. The first-order valence-corrected chi connectivity index (χ1v) is 7.65. The molecular weight excluding hydrogens is 240 g/mol. The average molecular weight is 258 g/mol. The Labute approximate surface area is 105 Å². The van der Waals surface area contributed by atoms with Crippen LogP contribution in [0.4, 0.5) is 0 Å². The number of aromatic nitrogens is 1. The molecule has 3 nitrogen and oxygen atoms in total. The third-order valence-corrected chi connectivity index (χ3v) is 4.60. The zero-order valence-corrected chi connectivity index (χ0v) is 11.0. The SMILES string of the molecule is c1csc(SCCCNC2CCCOC2)n1. The standard InChI is InChI=1S/C11H18N2OS2/c1-3-10(9-14-6-1)12-4-2-7-15-11-13-5-8-16-11/h5,8,10,12H,1-4,6-7,9H2. The number of nitrogens with zero attached hydrogens (tertiary/aromatic N) is 1. The molecule has 90 valence electrons. The summed E-state index contributed by atoms with van der Waals surface area (Å²) in [5.41, 5.74) is 0. The molecule has 0 amide bonds. The summed E-state index contributed by atoms with van der Waals surface area (Å²) in [5.74, 6) is 1.15. The summed E-state index contributed by atoms with van der Waals surface area (Å²) in [7, 11) is 0. The van der Waals surface area contributed by atoms with Crippen molar-refractivity contribution in [1.82, 2.24) is 10.3 Å². The van der Waals surface area contributed by atoms with Gasteiger partial charge in [0.2, 0.25) is 0 Å². The van der Waals surface area contributed by atoms with Crippen molar-refractivity contribution in [2.24, 2.45) is 0 Å². The average Bonchev–Trinajstić information content (AvgIpc) is 2.83. The third-order valence-electron chi connectivity index (χ3n) is 2.55. The maximum absolute atomic E-state index is 5.42. The quantitative estimate of drug-likeness (QED) is 0.627. The summed E-state index contributed by atoms with van der Waals surface area (Å²) in [6.07, 6.45) is 5.52. The smallest absolute Gasteiger partial charge is 0.149 e. The van der Waals surface area contributed by atoms with Crippen molar-refractivity contribution in [1.29, 1.82) is 0 Å². The van der Waals surface area contributed by atoms with Crippen LogP contribution < -0.4 is 5.32 Å². The van der Waals surface area contributed by atoms with E-state index in [1.165, 1.54) is 23.6 Å². The highest BCUT2D eigenvalue weighted by Gasteiger charge is 2.12. The van der Waals surface area contributed by atoms with Crippen molar-refractivity contribution in [3.05, 3.63) is 11.6 Å². The van der Waals surface area contributed by atoms with E-state index >= 15 is 0 Å². The number of hydrogen-bond donors (Lipinski definition) is 1. The Balaban J connectivity index is 1.48. The predicted octanol–water partition coefficient (Wildman–Crippen LogP) is 2.39. The van der Waals surface area contributed by atoms with E-state index in [1.807, 2.05) is 23.3 Å². The fourth-order valence-corrected chi connectivity index (χ4v) is 3.37. The molecule has 0 saturated carbocycles. The molecule has 0 aliphatic carbocycles. The molecule has 2 heterocycles.